The molecule has 0 unspecified atom stereocenters. The van der Waals surface area contributed by atoms with Crippen LogP contribution >= 0.6 is 11.6 Å². The molecule has 0 aliphatic heterocycles. The van der Waals surface area contributed by atoms with Gasteiger partial charge in [-0.05, 0) is 24.6 Å². The lowest BCUT2D eigenvalue weighted by atomic mass is 10.1. The van der Waals surface area contributed by atoms with E-state index in [-0.39, 0.29) is 0 Å². The molecule has 0 saturated carbocycles. The fourth-order valence-electron chi connectivity index (χ4n) is 2.79. The predicted octanol–water partition coefficient (Wildman–Crippen LogP) is 5.34. The zero-order valence-corrected chi connectivity index (χ0v) is 12.3. The van der Waals surface area contributed by atoms with E-state index in [4.69, 9.17) is 16.6 Å². The molecule has 0 aliphatic carbocycles. The monoisotopic (exact) mass is 292 g/mol. The van der Waals surface area contributed by atoms with Crippen molar-refractivity contribution in [1.29, 1.82) is 0 Å². The van der Waals surface area contributed by atoms with Gasteiger partial charge < -0.3 is 4.98 Å². The number of rotatable bonds is 1. The summed E-state index contributed by atoms with van der Waals surface area (Å²) in [4.78, 5) is 8.09. The minimum atomic E-state index is 0.734. The van der Waals surface area contributed by atoms with Gasteiger partial charge in [0.2, 0.25) is 0 Å². The first-order chi connectivity index (χ1) is 10.2. The van der Waals surface area contributed by atoms with E-state index in [1.165, 1.54) is 10.9 Å². The molecule has 4 rings (SSSR count). The first-order valence-electron chi connectivity index (χ1n) is 6.86. The fraction of sp³-hybridized carbons (Fsp3) is 0.0556. The highest BCUT2D eigenvalue weighted by molar-refractivity contribution is 6.35. The largest absolute Gasteiger partial charge is 0.360 e. The number of hydrogen-bond acceptors (Lipinski definition) is 1. The van der Waals surface area contributed by atoms with E-state index in [2.05, 4.69) is 30.1 Å². The highest BCUT2D eigenvalue weighted by Crippen LogP contribution is 2.32. The average Bonchev–Trinajstić information content (AvgIpc) is 2.93. The maximum absolute atomic E-state index is 6.41. The van der Waals surface area contributed by atoms with Crippen LogP contribution in [0.15, 0.2) is 54.7 Å². The molecule has 3 heteroatoms. The Bertz CT molecular complexity index is 969. The van der Waals surface area contributed by atoms with Gasteiger partial charge in [0.1, 0.15) is 0 Å². The Morgan fingerprint density at radius 1 is 1.00 bits per heavy atom. The van der Waals surface area contributed by atoms with Gasteiger partial charge in [0.25, 0.3) is 0 Å². The first kappa shape index (κ1) is 12.4. The number of halogens is 1. The van der Waals surface area contributed by atoms with Crippen LogP contribution in [0.25, 0.3) is 33.1 Å². The van der Waals surface area contributed by atoms with Gasteiger partial charge in [0, 0.05) is 28.0 Å². The molecule has 2 aromatic carbocycles. The van der Waals surface area contributed by atoms with E-state index >= 15 is 0 Å². The summed E-state index contributed by atoms with van der Waals surface area (Å²) in [5.74, 6) is 0. The van der Waals surface area contributed by atoms with Crippen molar-refractivity contribution in [2.45, 2.75) is 6.92 Å². The Morgan fingerprint density at radius 3 is 2.71 bits per heavy atom. The van der Waals surface area contributed by atoms with Gasteiger partial charge in [-0.15, -0.1) is 0 Å². The van der Waals surface area contributed by atoms with Gasteiger partial charge in [-0.3, -0.25) is 0 Å². The van der Waals surface area contributed by atoms with Crippen molar-refractivity contribution in [2.75, 3.05) is 0 Å². The minimum Gasteiger partial charge on any atom is -0.360 e. The summed E-state index contributed by atoms with van der Waals surface area (Å²) in [7, 11) is 0. The zero-order chi connectivity index (χ0) is 14.4. The Balaban J connectivity index is 2.03. The van der Waals surface area contributed by atoms with Gasteiger partial charge in [-0.25, -0.2) is 4.98 Å². The van der Waals surface area contributed by atoms with Crippen LogP contribution in [0.4, 0.5) is 0 Å². The lowest BCUT2D eigenvalue weighted by molar-refractivity contribution is 1.39. The second-order valence-electron chi connectivity index (χ2n) is 5.21. The van der Waals surface area contributed by atoms with Crippen molar-refractivity contribution in [2.24, 2.45) is 0 Å². The molecule has 0 aliphatic rings. The minimum absolute atomic E-state index is 0.734. The summed E-state index contributed by atoms with van der Waals surface area (Å²) in [6.07, 6.45) is 2.01. The number of pyridine rings is 1. The van der Waals surface area contributed by atoms with Crippen LogP contribution in [-0.4, -0.2) is 9.97 Å². The molecule has 102 valence electrons. The summed E-state index contributed by atoms with van der Waals surface area (Å²) in [6, 6.07) is 16.2. The smallest absolute Gasteiger partial charge is 0.0746 e. The molecule has 0 saturated heterocycles. The van der Waals surface area contributed by atoms with Crippen molar-refractivity contribution in [1.82, 2.24) is 9.97 Å². The van der Waals surface area contributed by atoms with Crippen LogP contribution in [0, 0.1) is 6.92 Å². The van der Waals surface area contributed by atoms with Gasteiger partial charge in [-0.1, -0.05) is 48.0 Å². The number of fused-ring (bicyclic) bond motifs is 2. The molecular weight excluding hydrogens is 280 g/mol. The molecular formula is C18H13ClN2. The average molecular weight is 293 g/mol. The molecule has 0 atom stereocenters. The number of H-pyrrole nitrogens is 1. The van der Waals surface area contributed by atoms with Crippen molar-refractivity contribution >= 4 is 33.4 Å². The number of benzene rings is 2. The molecule has 2 heterocycles. The Kier molecular flexibility index (Phi) is 2.72. The Hall–Kier alpha value is -2.32. The number of nitrogens with zero attached hydrogens (tertiary/aromatic N) is 1. The molecule has 21 heavy (non-hydrogen) atoms. The van der Waals surface area contributed by atoms with Gasteiger partial charge in [0.05, 0.1) is 16.2 Å². The normalized spacial score (nSPS) is 11.3. The number of aromatic nitrogens is 2. The third-order valence-corrected chi connectivity index (χ3v) is 4.18. The van der Waals surface area contributed by atoms with Crippen molar-refractivity contribution in [3.05, 3.63) is 65.3 Å². The second-order valence-corrected chi connectivity index (χ2v) is 5.61. The first-order valence-corrected chi connectivity index (χ1v) is 7.24. The Morgan fingerprint density at radius 2 is 1.81 bits per heavy atom. The number of para-hydroxylation sites is 2. The highest BCUT2D eigenvalue weighted by atomic mass is 35.5. The molecule has 0 bridgehead atoms. The fourth-order valence-corrected chi connectivity index (χ4v) is 3.05. The summed E-state index contributed by atoms with van der Waals surface area (Å²) in [5.41, 5.74) is 5.28. The van der Waals surface area contributed by atoms with Gasteiger partial charge in [0.15, 0.2) is 0 Å². The second kappa shape index (κ2) is 4.61. The van der Waals surface area contributed by atoms with E-state index in [9.17, 15) is 0 Å². The number of aromatic amines is 1. The van der Waals surface area contributed by atoms with E-state index in [0.29, 0.717) is 0 Å². The maximum Gasteiger partial charge on any atom is 0.0746 e. The van der Waals surface area contributed by atoms with Gasteiger partial charge >= 0.3 is 0 Å². The van der Waals surface area contributed by atoms with Crippen LogP contribution in [0.3, 0.4) is 0 Å². The topological polar surface area (TPSA) is 28.7 Å². The standard InChI is InChI=1S/C18H13ClN2/c1-11-5-4-7-12-14(10-20-18(11)12)17-9-15(19)13-6-2-3-8-16(13)21-17/h2-10,20H,1H3. The quantitative estimate of drug-likeness (QED) is 0.503. The molecule has 0 fully saturated rings. The van der Waals surface area contributed by atoms with Crippen LogP contribution in [0.2, 0.25) is 5.02 Å². The van der Waals surface area contributed by atoms with E-state index < -0.39 is 0 Å². The van der Waals surface area contributed by atoms with Crippen molar-refractivity contribution < 1.29 is 0 Å². The third-order valence-electron chi connectivity index (χ3n) is 3.87. The molecule has 0 spiro atoms. The SMILES string of the molecule is Cc1cccc2c(-c3cc(Cl)c4ccccc4n3)c[nH]c12. The zero-order valence-electron chi connectivity index (χ0n) is 11.5. The van der Waals surface area contributed by atoms with E-state index in [0.717, 1.165) is 32.7 Å². The van der Waals surface area contributed by atoms with Crippen LogP contribution in [-0.2, 0) is 0 Å². The summed E-state index contributed by atoms with van der Waals surface area (Å²) in [6.45, 7) is 2.10. The molecule has 0 radical (unpaired) electrons. The molecule has 2 aromatic heterocycles. The van der Waals surface area contributed by atoms with Gasteiger partial charge in [-0.2, -0.15) is 0 Å². The highest BCUT2D eigenvalue weighted by Gasteiger charge is 2.11. The van der Waals surface area contributed by atoms with Crippen LogP contribution < -0.4 is 0 Å². The maximum atomic E-state index is 6.41. The molecule has 2 nitrogen and oxygen atoms in total. The summed E-state index contributed by atoms with van der Waals surface area (Å²) >= 11 is 6.41. The number of aryl methyl sites for hydroxylation is 1. The van der Waals surface area contributed by atoms with E-state index in [1.54, 1.807) is 0 Å². The Labute approximate surface area is 127 Å². The lowest BCUT2D eigenvalue weighted by Crippen LogP contribution is -1.86. The van der Waals surface area contributed by atoms with E-state index in [1.807, 2.05) is 36.5 Å². The molecule has 0 amide bonds. The van der Waals surface area contributed by atoms with Crippen LogP contribution in [0.5, 0.6) is 0 Å². The predicted molar refractivity (Wildman–Crippen MR) is 88.8 cm³/mol. The lowest BCUT2D eigenvalue weighted by Gasteiger charge is -2.05. The third kappa shape index (κ3) is 1.91. The molecule has 4 aromatic rings. The molecule has 1 N–H and O–H groups in total. The van der Waals surface area contributed by atoms with Crippen LogP contribution in [0.1, 0.15) is 5.56 Å². The number of nitrogens with one attached hydrogen (secondary N) is 1. The van der Waals surface area contributed by atoms with Crippen molar-refractivity contribution in [3.63, 3.8) is 0 Å². The van der Waals surface area contributed by atoms with Crippen molar-refractivity contribution in [3.8, 4) is 11.3 Å². The summed E-state index contributed by atoms with van der Waals surface area (Å²) < 4.78 is 0. The summed E-state index contributed by atoms with van der Waals surface area (Å²) in [5, 5.41) is 2.89. The number of hydrogen-bond donors (Lipinski definition) is 1.